The van der Waals surface area contributed by atoms with Gasteiger partial charge >= 0.3 is 0 Å². The minimum absolute atomic E-state index is 0.0541. The molecule has 176 valence electrons. The van der Waals surface area contributed by atoms with Crippen molar-refractivity contribution in [2.75, 3.05) is 22.6 Å². The summed E-state index contributed by atoms with van der Waals surface area (Å²) < 4.78 is 24.8. The van der Waals surface area contributed by atoms with Crippen LogP contribution in [-0.2, 0) is 25.8 Å². The van der Waals surface area contributed by atoms with Crippen molar-refractivity contribution in [3.05, 3.63) is 58.6 Å². The van der Waals surface area contributed by atoms with E-state index in [1.165, 1.54) is 40.5 Å². The van der Waals surface area contributed by atoms with E-state index >= 15 is 0 Å². The summed E-state index contributed by atoms with van der Waals surface area (Å²) in [6.07, 6.45) is 1.20. The quantitative estimate of drug-likeness (QED) is 0.303. The van der Waals surface area contributed by atoms with E-state index in [0.29, 0.717) is 36.1 Å². The molecule has 0 saturated heterocycles. The minimum Gasteiger partial charge on any atom is -0.325 e. The normalized spacial score (nSPS) is 11.5. The molecule has 0 saturated carbocycles. The Labute approximate surface area is 212 Å². The van der Waals surface area contributed by atoms with Crippen molar-refractivity contribution in [1.82, 2.24) is 9.97 Å². The Morgan fingerprint density at radius 2 is 1.82 bits per heavy atom. The van der Waals surface area contributed by atoms with Gasteiger partial charge in [-0.1, -0.05) is 34.7 Å². The fourth-order valence-electron chi connectivity index (χ4n) is 2.81. The molecule has 0 fully saturated rings. The maximum atomic E-state index is 12.4. The van der Waals surface area contributed by atoms with Crippen molar-refractivity contribution in [2.24, 2.45) is 0 Å². The molecular formula is C21H17ClN4O4S4. The first-order valence-corrected chi connectivity index (χ1v) is 14.6. The zero-order valence-corrected chi connectivity index (χ0v) is 21.6. The molecule has 0 spiro atoms. The van der Waals surface area contributed by atoms with Crippen LogP contribution in [-0.4, -0.2) is 42.2 Å². The molecular weight excluding hydrogens is 536 g/mol. The summed E-state index contributed by atoms with van der Waals surface area (Å²) in [6.45, 7) is 0. The van der Waals surface area contributed by atoms with E-state index in [0.717, 1.165) is 6.26 Å². The van der Waals surface area contributed by atoms with Crippen LogP contribution in [0.15, 0.2) is 57.1 Å². The smallest absolute Gasteiger partial charge is 0.234 e. The van der Waals surface area contributed by atoms with Gasteiger partial charge in [0.2, 0.25) is 11.8 Å². The number of hydrogen-bond acceptors (Lipinski definition) is 9. The summed E-state index contributed by atoms with van der Waals surface area (Å²) in [5, 5.41) is 8.27. The number of fused-ring (bicyclic) bond motifs is 1. The van der Waals surface area contributed by atoms with Crippen molar-refractivity contribution >= 4 is 88.7 Å². The molecule has 2 aromatic carbocycles. The number of nitrogens with one attached hydrogen (secondary N) is 2. The highest BCUT2D eigenvalue weighted by Gasteiger charge is 2.14. The lowest BCUT2D eigenvalue weighted by atomic mass is 10.3. The Bertz CT molecular complexity index is 1470. The number of anilines is 2. The van der Waals surface area contributed by atoms with Gasteiger partial charge in [-0.2, -0.15) is 0 Å². The van der Waals surface area contributed by atoms with Gasteiger partial charge in [-0.15, -0.1) is 11.3 Å². The minimum atomic E-state index is -3.32. The van der Waals surface area contributed by atoms with Crippen LogP contribution < -0.4 is 10.6 Å². The van der Waals surface area contributed by atoms with Gasteiger partial charge in [0.1, 0.15) is 0 Å². The fourth-order valence-corrected chi connectivity index (χ4v) is 6.22. The van der Waals surface area contributed by atoms with E-state index in [-0.39, 0.29) is 28.9 Å². The van der Waals surface area contributed by atoms with E-state index in [9.17, 15) is 18.0 Å². The summed E-state index contributed by atoms with van der Waals surface area (Å²) in [5.41, 5.74) is 1.86. The van der Waals surface area contributed by atoms with Crippen LogP contribution >= 0.6 is 46.0 Å². The molecule has 2 aromatic heterocycles. The van der Waals surface area contributed by atoms with Crippen LogP contribution in [0.5, 0.6) is 0 Å². The molecule has 2 amide bonds. The maximum absolute atomic E-state index is 12.4. The Hall–Kier alpha value is -2.51. The highest BCUT2D eigenvalue weighted by molar-refractivity contribution is 8.01. The number of halogens is 1. The zero-order chi connectivity index (χ0) is 24.3. The predicted molar refractivity (Wildman–Crippen MR) is 138 cm³/mol. The number of hydrogen-bond donors (Lipinski definition) is 2. The fraction of sp³-hybridized carbons (Fsp3) is 0.143. The summed E-state index contributed by atoms with van der Waals surface area (Å²) in [4.78, 5) is 33.5. The number of nitrogens with zero attached hydrogens (tertiary/aromatic N) is 2. The van der Waals surface area contributed by atoms with Gasteiger partial charge < -0.3 is 10.6 Å². The predicted octanol–water partition coefficient (Wildman–Crippen LogP) is 4.72. The summed E-state index contributed by atoms with van der Waals surface area (Å²) in [7, 11) is -3.32. The van der Waals surface area contributed by atoms with Crippen LogP contribution in [0, 0.1) is 0 Å². The molecule has 2 N–H and O–H groups in total. The van der Waals surface area contributed by atoms with E-state index < -0.39 is 9.84 Å². The van der Waals surface area contributed by atoms with Crippen LogP contribution in [0.4, 0.5) is 10.8 Å². The molecule has 8 nitrogen and oxygen atoms in total. The van der Waals surface area contributed by atoms with Crippen molar-refractivity contribution in [2.45, 2.75) is 15.7 Å². The van der Waals surface area contributed by atoms with Crippen molar-refractivity contribution in [1.29, 1.82) is 0 Å². The molecule has 13 heteroatoms. The van der Waals surface area contributed by atoms with Gasteiger partial charge in [-0.3, -0.25) is 9.59 Å². The highest BCUT2D eigenvalue weighted by atomic mass is 35.5. The van der Waals surface area contributed by atoms with Crippen molar-refractivity contribution in [3.63, 3.8) is 0 Å². The lowest BCUT2D eigenvalue weighted by Crippen LogP contribution is -2.14. The Morgan fingerprint density at radius 1 is 1.06 bits per heavy atom. The van der Waals surface area contributed by atoms with E-state index in [1.807, 2.05) is 0 Å². The van der Waals surface area contributed by atoms with Gasteiger partial charge in [0.05, 0.1) is 33.0 Å². The van der Waals surface area contributed by atoms with Crippen molar-refractivity contribution < 1.29 is 18.0 Å². The molecule has 0 atom stereocenters. The van der Waals surface area contributed by atoms with E-state index in [2.05, 4.69) is 20.6 Å². The molecule has 4 aromatic rings. The molecule has 0 unspecified atom stereocenters. The van der Waals surface area contributed by atoms with E-state index in [1.54, 1.807) is 41.8 Å². The van der Waals surface area contributed by atoms with Crippen LogP contribution in [0.25, 0.3) is 10.2 Å². The molecule has 4 rings (SSSR count). The number of aromatic nitrogens is 2. The first-order valence-electron chi connectivity index (χ1n) is 9.69. The van der Waals surface area contributed by atoms with Crippen LogP contribution in [0.3, 0.4) is 0 Å². The number of carbonyl (C=O) groups is 2. The molecule has 0 bridgehead atoms. The molecule has 2 heterocycles. The topological polar surface area (TPSA) is 118 Å². The number of rotatable bonds is 8. The summed E-state index contributed by atoms with van der Waals surface area (Å²) in [6, 6.07) is 11.5. The van der Waals surface area contributed by atoms with Gasteiger partial charge in [0, 0.05) is 22.3 Å². The Morgan fingerprint density at radius 3 is 2.56 bits per heavy atom. The third kappa shape index (κ3) is 6.54. The Kier molecular flexibility index (Phi) is 7.53. The zero-order valence-electron chi connectivity index (χ0n) is 17.6. The number of amides is 2. The SMILES string of the molecule is CS(=O)(=O)c1ccc2nc(NC(=O)Cc3csc(SCC(=O)Nc4ccc(Cl)cc4)n3)sc2c1. The molecule has 0 radical (unpaired) electrons. The van der Waals surface area contributed by atoms with Gasteiger partial charge in [-0.25, -0.2) is 18.4 Å². The van der Waals surface area contributed by atoms with Crippen LogP contribution in [0.1, 0.15) is 5.69 Å². The average Bonchev–Trinajstić information content (AvgIpc) is 3.38. The second-order valence-corrected chi connectivity index (χ2v) is 12.7. The van der Waals surface area contributed by atoms with Crippen LogP contribution in [0.2, 0.25) is 5.02 Å². The largest absolute Gasteiger partial charge is 0.325 e. The van der Waals surface area contributed by atoms with E-state index in [4.69, 9.17) is 11.6 Å². The summed E-state index contributed by atoms with van der Waals surface area (Å²) in [5.74, 6) is -0.274. The number of thioether (sulfide) groups is 1. The maximum Gasteiger partial charge on any atom is 0.234 e. The molecule has 0 aliphatic rings. The first kappa shape index (κ1) is 24.6. The highest BCUT2D eigenvalue weighted by Crippen LogP contribution is 2.29. The second kappa shape index (κ2) is 10.4. The average molecular weight is 553 g/mol. The third-order valence-corrected chi connectivity index (χ3v) is 8.73. The summed E-state index contributed by atoms with van der Waals surface area (Å²) >= 11 is 9.69. The second-order valence-electron chi connectivity index (χ2n) is 7.09. The molecule has 0 aliphatic heterocycles. The Balaban J connectivity index is 1.30. The standard InChI is InChI=1S/C21H17ClN4O4S4/c1-34(29,30)15-6-7-16-17(9-15)33-20(25-16)26-18(27)8-14-10-31-21(24-14)32-11-19(28)23-13-4-2-12(22)3-5-13/h2-7,9-10H,8,11H2,1H3,(H,23,28)(H,25,26,27). The van der Waals surface area contributed by atoms with Crippen molar-refractivity contribution in [3.8, 4) is 0 Å². The van der Waals surface area contributed by atoms with Gasteiger partial charge in [0.25, 0.3) is 0 Å². The number of thiazole rings is 2. The lowest BCUT2D eigenvalue weighted by Gasteiger charge is -2.04. The first-order chi connectivity index (χ1) is 16.2. The third-order valence-electron chi connectivity index (χ3n) is 4.36. The number of sulfone groups is 1. The lowest BCUT2D eigenvalue weighted by molar-refractivity contribution is -0.116. The molecule has 34 heavy (non-hydrogen) atoms. The van der Waals surface area contributed by atoms with Gasteiger partial charge in [-0.05, 0) is 42.5 Å². The monoisotopic (exact) mass is 552 g/mol. The van der Waals surface area contributed by atoms with Gasteiger partial charge in [0.15, 0.2) is 19.3 Å². The number of carbonyl (C=O) groups excluding carboxylic acids is 2. The molecule has 0 aliphatic carbocycles. The number of benzene rings is 2.